The molecule has 156 valence electrons. The van der Waals surface area contributed by atoms with Crippen molar-refractivity contribution in [3.05, 3.63) is 52.2 Å². The van der Waals surface area contributed by atoms with Crippen molar-refractivity contribution in [3.8, 4) is 0 Å². The summed E-state index contributed by atoms with van der Waals surface area (Å²) in [6, 6.07) is 8.35. The van der Waals surface area contributed by atoms with E-state index in [-0.39, 0.29) is 11.6 Å². The molecule has 3 aromatic rings. The number of aromatic nitrogens is 4. The Kier molecular flexibility index (Phi) is 4.89. The van der Waals surface area contributed by atoms with Crippen molar-refractivity contribution in [2.75, 3.05) is 36.0 Å². The number of hydrogen-bond acceptors (Lipinski definition) is 6. The van der Waals surface area contributed by atoms with E-state index in [0.717, 1.165) is 56.0 Å². The molecule has 30 heavy (non-hydrogen) atoms. The Labute approximate surface area is 176 Å². The number of hydrogen-bond donors (Lipinski definition) is 0. The highest BCUT2D eigenvalue weighted by Gasteiger charge is 2.21. The van der Waals surface area contributed by atoms with Gasteiger partial charge in [0.15, 0.2) is 5.82 Å². The van der Waals surface area contributed by atoms with Crippen molar-refractivity contribution in [2.45, 2.75) is 45.6 Å². The normalized spacial score (nSPS) is 16.9. The SMILES string of the molecule is CC(C)n1cnc2cc(N3CCN(c4cc5c(nn4)CCCC5)CC3)ccc2c1=O. The third-order valence-electron chi connectivity index (χ3n) is 6.35. The van der Waals surface area contributed by atoms with Crippen LogP contribution in [0.3, 0.4) is 0 Å². The van der Waals surface area contributed by atoms with E-state index in [2.05, 4.69) is 31.0 Å². The molecule has 0 amide bonds. The van der Waals surface area contributed by atoms with Crippen LogP contribution in [0.5, 0.6) is 0 Å². The zero-order chi connectivity index (χ0) is 20.7. The van der Waals surface area contributed by atoms with E-state index in [9.17, 15) is 4.79 Å². The number of aryl methyl sites for hydroxylation is 2. The van der Waals surface area contributed by atoms with E-state index >= 15 is 0 Å². The van der Waals surface area contributed by atoms with Crippen molar-refractivity contribution in [2.24, 2.45) is 0 Å². The Balaban J connectivity index is 1.32. The summed E-state index contributed by atoms with van der Waals surface area (Å²) < 4.78 is 1.68. The topological polar surface area (TPSA) is 67.2 Å². The van der Waals surface area contributed by atoms with E-state index in [1.165, 1.54) is 24.1 Å². The van der Waals surface area contributed by atoms with Gasteiger partial charge in [0.25, 0.3) is 5.56 Å². The zero-order valence-corrected chi connectivity index (χ0v) is 17.7. The number of fused-ring (bicyclic) bond motifs is 2. The fourth-order valence-corrected chi connectivity index (χ4v) is 4.52. The molecule has 3 heterocycles. The van der Waals surface area contributed by atoms with Gasteiger partial charge in [-0.1, -0.05) is 0 Å². The van der Waals surface area contributed by atoms with Crippen LogP contribution in [0.25, 0.3) is 10.9 Å². The lowest BCUT2D eigenvalue weighted by atomic mass is 9.97. The van der Waals surface area contributed by atoms with E-state index in [0.29, 0.717) is 5.39 Å². The Morgan fingerprint density at radius 1 is 0.933 bits per heavy atom. The van der Waals surface area contributed by atoms with Gasteiger partial charge in [-0.15, -0.1) is 5.10 Å². The summed E-state index contributed by atoms with van der Waals surface area (Å²) in [6.07, 6.45) is 6.33. The van der Waals surface area contributed by atoms with Crippen LogP contribution in [0.4, 0.5) is 11.5 Å². The third-order valence-corrected chi connectivity index (χ3v) is 6.35. The molecule has 1 fully saturated rings. The van der Waals surface area contributed by atoms with Gasteiger partial charge < -0.3 is 9.80 Å². The van der Waals surface area contributed by atoms with Gasteiger partial charge in [-0.3, -0.25) is 9.36 Å². The maximum absolute atomic E-state index is 12.6. The Morgan fingerprint density at radius 2 is 1.70 bits per heavy atom. The van der Waals surface area contributed by atoms with E-state index < -0.39 is 0 Å². The molecular weight excluding hydrogens is 376 g/mol. The molecule has 0 spiro atoms. The monoisotopic (exact) mass is 404 g/mol. The molecule has 0 radical (unpaired) electrons. The molecule has 1 saturated heterocycles. The molecule has 0 bridgehead atoms. The molecule has 7 heteroatoms. The predicted molar refractivity (Wildman–Crippen MR) is 119 cm³/mol. The van der Waals surface area contributed by atoms with Gasteiger partial charge in [0.2, 0.25) is 0 Å². The summed E-state index contributed by atoms with van der Waals surface area (Å²) >= 11 is 0. The maximum atomic E-state index is 12.6. The predicted octanol–water partition coefficient (Wildman–Crippen LogP) is 2.97. The number of nitrogens with zero attached hydrogens (tertiary/aromatic N) is 6. The van der Waals surface area contributed by atoms with Crippen LogP contribution in [-0.4, -0.2) is 45.9 Å². The molecule has 1 aromatic carbocycles. The van der Waals surface area contributed by atoms with E-state index in [1.807, 2.05) is 32.0 Å². The second-order valence-electron chi connectivity index (χ2n) is 8.61. The zero-order valence-electron chi connectivity index (χ0n) is 17.7. The van der Waals surface area contributed by atoms with Gasteiger partial charge in [-0.25, -0.2) is 4.98 Å². The van der Waals surface area contributed by atoms with Crippen LogP contribution in [-0.2, 0) is 12.8 Å². The summed E-state index contributed by atoms with van der Waals surface area (Å²) in [6.45, 7) is 7.63. The highest BCUT2D eigenvalue weighted by atomic mass is 16.1. The molecule has 2 aliphatic rings. The number of piperazine rings is 1. The Morgan fingerprint density at radius 3 is 2.50 bits per heavy atom. The van der Waals surface area contributed by atoms with Crippen LogP contribution < -0.4 is 15.4 Å². The van der Waals surface area contributed by atoms with E-state index in [1.54, 1.807) is 10.9 Å². The fourth-order valence-electron chi connectivity index (χ4n) is 4.52. The summed E-state index contributed by atoms with van der Waals surface area (Å²) in [7, 11) is 0. The van der Waals surface area contributed by atoms with Crippen LogP contribution >= 0.6 is 0 Å². The van der Waals surface area contributed by atoms with Crippen LogP contribution in [0.1, 0.15) is 44.0 Å². The largest absolute Gasteiger partial charge is 0.368 e. The average molecular weight is 405 g/mol. The lowest BCUT2D eigenvalue weighted by molar-refractivity contribution is 0.573. The second-order valence-corrected chi connectivity index (χ2v) is 8.61. The number of anilines is 2. The quantitative estimate of drug-likeness (QED) is 0.669. The average Bonchev–Trinajstić information content (AvgIpc) is 2.78. The highest BCUT2D eigenvalue weighted by Crippen LogP contribution is 2.25. The van der Waals surface area contributed by atoms with Gasteiger partial charge in [-0.05, 0) is 69.4 Å². The first-order valence-corrected chi connectivity index (χ1v) is 11.0. The molecular formula is C23H28N6O. The Hall–Kier alpha value is -2.96. The fraction of sp³-hybridized carbons (Fsp3) is 0.478. The molecule has 0 saturated carbocycles. The van der Waals surface area contributed by atoms with Gasteiger partial charge in [0.1, 0.15) is 0 Å². The minimum atomic E-state index is 0.0253. The summed E-state index contributed by atoms with van der Waals surface area (Å²) in [5.74, 6) is 1.00. The first-order valence-electron chi connectivity index (χ1n) is 11.0. The summed E-state index contributed by atoms with van der Waals surface area (Å²) in [4.78, 5) is 21.9. The first-order chi connectivity index (χ1) is 14.6. The Bertz CT molecular complexity index is 1130. The standard InChI is InChI=1S/C23H28N6O/c1-16(2)29-15-24-21-14-18(7-8-19(21)23(29)30)27-9-11-28(12-10-27)22-13-17-5-3-4-6-20(17)25-26-22/h7-8,13-16H,3-6,9-12H2,1-2H3. The van der Waals surface area contributed by atoms with Gasteiger partial charge in [0, 0.05) is 37.9 Å². The molecule has 0 unspecified atom stereocenters. The van der Waals surface area contributed by atoms with Crippen LogP contribution in [0.2, 0.25) is 0 Å². The number of benzene rings is 1. The number of rotatable bonds is 3. The minimum Gasteiger partial charge on any atom is -0.368 e. The van der Waals surface area contributed by atoms with Crippen molar-refractivity contribution in [1.29, 1.82) is 0 Å². The lowest BCUT2D eigenvalue weighted by Crippen LogP contribution is -2.47. The van der Waals surface area contributed by atoms with E-state index in [4.69, 9.17) is 0 Å². The van der Waals surface area contributed by atoms with Crippen LogP contribution in [0, 0.1) is 0 Å². The molecule has 7 nitrogen and oxygen atoms in total. The second kappa shape index (κ2) is 7.70. The smallest absolute Gasteiger partial charge is 0.261 e. The molecule has 1 aliphatic heterocycles. The van der Waals surface area contributed by atoms with Crippen molar-refractivity contribution >= 4 is 22.4 Å². The van der Waals surface area contributed by atoms with Crippen molar-refractivity contribution in [1.82, 2.24) is 19.7 Å². The highest BCUT2D eigenvalue weighted by molar-refractivity contribution is 5.81. The van der Waals surface area contributed by atoms with Crippen molar-refractivity contribution in [3.63, 3.8) is 0 Å². The molecule has 0 N–H and O–H groups in total. The maximum Gasteiger partial charge on any atom is 0.261 e. The molecule has 0 atom stereocenters. The minimum absolute atomic E-state index is 0.0253. The summed E-state index contributed by atoms with van der Waals surface area (Å²) in [5.41, 5.74) is 4.47. The van der Waals surface area contributed by atoms with Gasteiger partial charge in [0.05, 0.1) is 22.9 Å². The van der Waals surface area contributed by atoms with Gasteiger partial charge in [-0.2, -0.15) is 5.10 Å². The van der Waals surface area contributed by atoms with Crippen LogP contribution in [0.15, 0.2) is 35.4 Å². The van der Waals surface area contributed by atoms with Crippen molar-refractivity contribution < 1.29 is 0 Å². The van der Waals surface area contributed by atoms with Gasteiger partial charge >= 0.3 is 0 Å². The molecule has 2 aromatic heterocycles. The molecule has 5 rings (SSSR count). The first kappa shape index (κ1) is 19.0. The molecule has 1 aliphatic carbocycles. The third kappa shape index (κ3) is 3.42. The lowest BCUT2D eigenvalue weighted by Gasteiger charge is -2.36. The summed E-state index contributed by atoms with van der Waals surface area (Å²) in [5, 5.41) is 9.66.